The Hall–Kier alpha value is -3.17. The minimum absolute atomic E-state index is 0.0706. The molecule has 0 unspecified atom stereocenters. The molecular formula is C22H29N3O3. The number of hydrogen-bond acceptors (Lipinski definition) is 5. The van der Waals surface area contributed by atoms with Gasteiger partial charge in [0.15, 0.2) is 0 Å². The van der Waals surface area contributed by atoms with E-state index in [1.165, 1.54) is 6.07 Å². The van der Waals surface area contributed by atoms with Gasteiger partial charge in [0, 0.05) is 34.5 Å². The number of nitrogen functional groups attached to an aromatic ring is 1. The van der Waals surface area contributed by atoms with Gasteiger partial charge >= 0.3 is 0 Å². The number of carbonyl (C=O) groups excluding carboxylic acids is 1. The molecule has 0 heterocycles. The topological polar surface area (TPSA) is 98.3 Å². The van der Waals surface area contributed by atoms with Crippen LogP contribution in [0, 0.1) is 22.0 Å². The first-order chi connectivity index (χ1) is 13.1. The highest BCUT2D eigenvalue weighted by molar-refractivity contribution is 5.52. The first-order valence-corrected chi connectivity index (χ1v) is 8.78. The zero-order valence-corrected chi connectivity index (χ0v) is 17.2. The second-order valence-electron chi connectivity index (χ2n) is 6.87. The Morgan fingerprint density at radius 3 is 2.14 bits per heavy atom. The maximum absolute atomic E-state index is 10.9. The van der Waals surface area contributed by atoms with Gasteiger partial charge in [-0.25, -0.2) is 0 Å². The fourth-order valence-corrected chi connectivity index (χ4v) is 1.82. The molecule has 0 aliphatic heterocycles. The van der Waals surface area contributed by atoms with Gasteiger partial charge in [0.25, 0.3) is 5.69 Å². The van der Waals surface area contributed by atoms with Crippen LogP contribution in [0.1, 0.15) is 44.4 Å². The van der Waals surface area contributed by atoms with Crippen LogP contribution in [0.5, 0.6) is 0 Å². The Balaban J connectivity index is 0.000000780. The Bertz CT molecular complexity index is 831. The molecule has 2 aromatic carbocycles. The van der Waals surface area contributed by atoms with Crippen LogP contribution in [0.15, 0.2) is 42.5 Å². The van der Waals surface area contributed by atoms with Gasteiger partial charge in [0.2, 0.25) is 0 Å². The molecule has 0 radical (unpaired) electrons. The van der Waals surface area contributed by atoms with Crippen molar-refractivity contribution < 1.29 is 9.72 Å². The molecular weight excluding hydrogens is 354 g/mol. The fourth-order valence-electron chi connectivity index (χ4n) is 1.82. The minimum atomic E-state index is -0.398. The number of nitro benzene ring substituents is 1. The number of carbonyl (C=O) groups is 1. The number of nitrogens with zero attached hydrogens (tertiary/aromatic N) is 1. The van der Waals surface area contributed by atoms with E-state index in [9.17, 15) is 10.1 Å². The third-order valence-electron chi connectivity index (χ3n) is 3.58. The lowest BCUT2D eigenvalue weighted by Crippen LogP contribution is -2.31. The molecule has 0 fully saturated rings. The average Bonchev–Trinajstić information content (AvgIpc) is 2.67. The van der Waals surface area contributed by atoms with Crippen molar-refractivity contribution in [3.63, 3.8) is 0 Å². The number of hydrogen-bond donors (Lipinski definition) is 2. The molecule has 0 aliphatic carbocycles. The van der Waals surface area contributed by atoms with E-state index in [1.54, 1.807) is 18.2 Å². The van der Waals surface area contributed by atoms with Crippen molar-refractivity contribution in [3.05, 3.63) is 69.3 Å². The lowest BCUT2D eigenvalue weighted by atomic mass is 10.1. The van der Waals surface area contributed by atoms with E-state index in [-0.39, 0.29) is 5.69 Å². The van der Waals surface area contributed by atoms with Crippen LogP contribution in [0.4, 0.5) is 11.4 Å². The number of nitrogens with two attached hydrogens (primary N) is 1. The zero-order valence-electron chi connectivity index (χ0n) is 17.2. The summed E-state index contributed by atoms with van der Waals surface area (Å²) in [4.78, 5) is 18.5. The molecule has 0 aromatic heterocycles. The number of rotatable bonds is 2. The average molecular weight is 383 g/mol. The molecule has 0 bridgehead atoms. The number of benzene rings is 2. The molecule has 0 saturated carbocycles. The molecule has 0 aliphatic rings. The number of non-ortho nitro benzene ring substituents is 1. The van der Waals surface area contributed by atoms with Gasteiger partial charge in [-0.3, -0.25) is 10.1 Å². The monoisotopic (exact) mass is 383 g/mol. The van der Waals surface area contributed by atoms with E-state index in [0.717, 1.165) is 17.5 Å². The lowest BCUT2D eigenvalue weighted by Gasteiger charge is -2.15. The van der Waals surface area contributed by atoms with Crippen molar-refractivity contribution in [2.75, 3.05) is 12.8 Å². The molecule has 0 spiro atoms. The fraction of sp³-hybridized carbons (Fsp3) is 0.318. The second-order valence-corrected chi connectivity index (χ2v) is 6.87. The van der Waals surface area contributed by atoms with Crippen LogP contribution in [0.2, 0.25) is 0 Å². The molecule has 6 heteroatoms. The van der Waals surface area contributed by atoms with Crippen molar-refractivity contribution in [2.24, 2.45) is 0 Å². The maximum atomic E-state index is 10.9. The summed E-state index contributed by atoms with van der Waals surface area (Å²) in [5, 5.41) is 14.0. The summed E-state index contributed by atoms with van der Waals surface area (Å²) in [6, 6.07) is 12.2. The van der Waals surface area contributed by atoms with Gasteiger partial charge in [-0.15, -0.1) is 0 Å². The third kappa shape index (κ3) is 10.1. The molecule has 0 saturated heterocycles. The zero-order chi connectivity index (χ0) is 21.7. The van der Waals surface area contributed by atoms with E-state index in [2.05, 4.69) is 37.9 Å². The van der Waals surface area contributed by atoms with E-state index < -0.39 is 4.92 Å². The van der Waals surface area contributed by atoms with Crippen LogP contribution in [-0.4, -0.2) is 24.3 Å². The van der Waals surface area contributed by atoms with Crippen molar-refractivity contribution in [2.45, 2.75) is 39.7 Å². The Morgan fingerprint density at radius 2 is 1.68 bits per heavy atom. The van der Waals surface area contributed by atoms with Gasteiger partial charge in [-0.1, -0.05) is 24.8 Å². The Labute approximate surface area is 167 Å². The highest BCUT2D eigenvalue weighted by atomic mass is 16.6. The van der Waals surface area contributed by atoms with Crippen LogP contribution in [-0.2, 0) is 11.2 Å². The lowest BCUT2D eigenvalue weighted by molar-refractivity contribution is -0.384. The molecule has 6 nitrogen and oxygen atoms in total. The van der Waals surface area contributed by atoms with Gasteiger partial charge in [-0.2, -0.15) is 0 Å². The van der Waals surface area contributed by atoms with Crippen LogP contribution >= 0.6 is 0 Å². The summed E-state index contributed by atoms with van der Waals surface area (Å²) in [5.74, 6) is 5.91. The molecule has 2 aromatic rings. The predicted molar refractivity (Wildman–Crippen MR) is 115 cm³/mol. The largest absolute Gasteiger partial charge is 0.399 e. The summed E-state index contributed by atoms with van der Waals surface area (Å²) in [7, 11) is 1.96. The second kappa shape index (κ2) is 12.3. The van der Waals surface area contributed by atoms with Crippen LogP contribution < -0.4 is 11.1 Å². The molecule has 28 heavy (non-hydrogen) atoms. The Kier molecular flexibility index (Phi) is 10.9. The molecule has 0 amide bonds. The first kappa shape index (κ1) is 24.8. The molecule has 150 valence electrons. The Morgan fingerprint density at radius 1 is 1.11 bits per heavy atom. The van der Waals surface area contributed by atoms with E-state index in [4.69, 9.17) is 10.5 Å². The molecule has 2 rings (SSSR count). The minimum Gasteiger partial charge on any atom is -0.399 e. The van der Waals surface area contributed by atoms with E-state index in [0.29, 0.717) is 16.8 Å². The summed E-state index contributed by atoms with van der Waals surface area (Å²) >= 11 is 0. The third-order valence-corrected chi connectivity index (χ3v) is 3.58. The first-order valence-electron chi connectivity index (χ1n) is 8.78. The highest BCUT2D eigenvalue weighted by Gasteiger charge is 2.07. The normalized spacial score (nSPS) is 9.61. The molecule has 0 atom stereocenters. The SMILES string of the molecule is C=O.CCc1cc(C#Cc2cccc(N)c2)cc([N+](=O)[O-])c1.CNC(C)(C)C. The van der Waals surface area contributed by atoms with Crippen molar-refractivity contribution in [3.8, 4) is 11.8 Å². The maximum Gasteiger partial charge on any atom is 0.270 e. The van der Waals surface area contributed by atoms with Crippen molar-refractivity contribution in [1.82, 2.24) is 5.32 Å². The summed E-state index contributed by atoms with van der Waals surface area (Å²) in [6.45, 7) is 10.3. The van der Waals surface area contributed by atoms with E-state index >= 15 is 0 Å². The molecule has 3 N–H and O–H groups in total. The smallest absolute Gasteiger partial charge is 0.270 e. The van der Waals surface area contributed by atoms with Crippen molar-refractivity contribution >= 4 is 18.2 Å². The predicted octanol–water partition coefficient (Wildman–Crippen LogP) is 3.96. The van der Waals surface area contributed by atoms with E-state index in [1.807, 2.05) is 39.0 Å². The van der Waals surface area contributed by atoms with Crippen LogP contribution in [0.25, 0.3) is 0 Å². The quantitative estimate of drug-likeness (QED) is 0.354. The number of nitro groups is 1. The highest BCUT2D eigenvalue weighted by Crippen LogP contribution is 2.17. The number of nitrogens with one attached hydrogen (secondary N) is 1. The van der Waals surface area contributed by atoms with Gasteiger partial charge in [-0.05, 0) is 64.1 Å². The number of aryl methyl sites for hydroxylation is 1. The van der Waals surface area contributed by atoms with Gasteiger partial charge in [0.1, 0.15) is 6.79 Å². The standard InChI is InChI=1S/C16H14N2O2.C5H13N.CH2O/c1-2-12-8-14(11-16(10-12)18(19)20)7-6-13-4-3-5-15(17)9-13;1-5(2,3)6-4;1-2/h3-5,8-11H,2,17H2,1H3;6H,1-4H3;1H2. The van der Waals surface area contributed by atoms with Gasteiger partial charge < -0.3 is 15.8 Å². The summed E-state index contributed by atoms with van der Waals surface area (Å²) in [6.07, 6.45) is 0.731. The van der Waals surface area contributed by atoms with Gasteiger partial charge in [0.05, 0.1) is 4.92 Å². The summed E-state index contributed by atoms with van der Waals surface area (Å²) in [5.41, 5.74) is 9.01. The number of anilines is 1. The summed E-state index contributed by atoms with van der Waals surface area (Å²) < 4.78 is 0. The van der Waals surface area contributed by atoms with Crippen LogP contribution in [0.3, 0.4) is 0 Å². The van der Waals surface area contributed by atoms with Crippen molar-refractivity contribution in [1.29, 1.82) is 0 Å².